The maximum Gasteiger partial charge on any atom is 0.224 e. The van der Waals surface area contributed by atoms with E-state index in [9.17, 15) is 9.18 Å². The van der Waals surface area contributed by atoms with Crippen LogP contribution in [0.3, 0.4) is 0 Å². The average molecular weight is 407 g/mol. The van der Waals surface area contributed by atoms with Gasteiger partial charge in [0, 0.05) is 26.1 Å². The molecule has 2 atom stereocenters. The first-order valence-electron chi connectivity index (χ1n) is 10.4. The van der Waals surface area contributed by atoms with Gasteiger partial charge < -0.3 is 9.80 Å². The van der Waals surface area contributed by atoms with Crippen molar-refractivity contribution in [3.63, 3.8) is 0 Å². The van der Waals surface area contributed by atoms with Gasteiger partial charge >= 0.3 is 0 Å². The lowest BCUT2D eigenvalue weighted by atomic mass is 9.89. The third-order valence-electron chi connectivity index (χ3n) is 5.76. The molecule has 4 rings (SSSR count). The molecule has 2 aromatic rings. The first-order chi connectivity index (χ1) is 14.5. The zero-order valence-electron chi connectivity index (χ0n) is 17.5. The first kappa shape index (κ1) is 20.4. The van der Waals surface area contributed by atoms with E-state index in [0.29, 0.717) is 19.5 Å². The average Bonchev–Trinajstić information content (AvgIpc) is 3.20. The van der Waals surface area contributed by atoms with Crippen LogP contribution in [0.2, 0.25) is 0 Å². The lowest BCUT2D eigenvalue weighted by Gasteiger charge is -2.38. The molecule has 0 bridgehead atoms. The summed E-state index contributed by atoms with van der Waals surface area (Å²) in [5.41, 5.74) is 4.07. The smallest absolute Gasteiger partial charge is 0.224 e. The number of rotatable bonds is 6. The van der Waals surface area contributed by atoms with Gasteiger partial charge in [-0.25, -0.2) is 9.38 Å². The number of nitrogens with zero attached hydrogens (tertiary/aromatic N) is 4. The normalized spacial score (nSPS) is 20.4. The Balaban J connectivity index is 1.45. The summed E-state index contributed by atoms with van der Waals surface area (Å²) in [6.45, 7) is 4.14. The summed E-state index contributed by atoms with van der Waals surface area (Å²) in [5, 5.41) is 0. The summed E-state index contributed by atoms with van der Waals surface area (Å²) in [7, 11) is 2.03. The molecule has 0 aliphatic carbocycles. The van der Waals surface area contributed by atoms with Crippen LogP contribution in [0.15, 0.2) is 58.5 Å². The van der Waals surface area contributed by atoms with Crippen molar-refractivity contribution in [2.24, 2.45) is 9.98 Å². The Bertz CT molecular complexity index is 987. The number of likely N-dealkylation sites (tertiary alicyclic amines) is 1. The highest BCUT2D eigenvalue weighted by Gasteiger charge is 2.39. The highest BCUT2D eigenvalue weighted by atomic mass is 19.1. The summed E-state index contributed by atoms with van der Waals surface area (Å²) in [5.74, 6) is -0.243. The Morgan fingerprint density at radius 3 is 2.87 bits per heavy atom. The molecule has 2 heterocycles. The highest BCUT2D eigenvalue weighted by molar-refractivity contribution is 6.05. The molecule has 156 valence electrons. The Morgan fingerprint density at radius 1 is 1.23 bits per heavy atom. The van der Waals surface area contributed by atoms with Gasteiger partial charge in [0.25, 0.3) is 0 Å². The Labute approximate surface area is 176 Å². The van der Waals surface area contributed by atoms with Gasteiger partial charge in [-0.15, -0.1) is 0 Å². The van der Waals surface area contributed by atoms with Crippen molar-refractivity contribution in [3.8, 4) is 0 Å². The molecule has 0 radical (unpaired) electrons. The van der Waals surface area contributed by atoms with Crippen LogP contribution in [0.25, 0.3) is 0 Å². The number of piperidine rings is 1. The van der Waals surface area contributed by atoms with E-state index in [-0.39, 0.29) is 23.8 Å². The molecule has 0 aromatic heterocycles. The van der Waals surface area contributed by atoms with Crippen LogP contribution in [0.1, 0.15) is 35.6 Å². The Morgan fingerprint density at radius 2 is 2.07 bits per heavy atom. The summed E-state index contributed by atoms with van der Waals surface area (Å²) in [6.07, 6.45) is 2.73. The molecule has 5 nitrogen and oxygen atoms in total. The second-order valence-corrected chi connectivity index (χ2v) is 8.14. The van der Waals surface area contributed by atoms with Crippen molar-refractivity contribution >= 4 is 18.0 Å². The number of carbonyl (C=O) groups excluding carboxylic acids is 1. The van der Waals surface area contributed by atoms with Crippen molar-refractivity contribution in [2.75, 3.05) is 20.1 Å². The summed E-state index contributed by atoms with van der Waals surface area (Å²) < 4.78 is 13.9. The molecule has 0 saturated carbocycles. The minimum atomic E-state index is -0.350. The number of hydrogen-bond acceptors (Lipinski definition) is 4. The molecule has 1 fully saturated rings. The fraction of sp³-hybridized carbons (Fsp3) is 0.375. The van der Waals surface area contributed by atoms with E-state index < -0.39 is 0 Å². The standard InChI is InChI=1S/C24H27FN4O/c1-17-5-3-6-18(13-17)15-28(2)11-10-22(30)29-12-9-21-23(27-16-26-21)24(29)19-7-4-8-20(25)14-19/h3-8,13-14,16,21,24H,9-12,15H2,1-2H3. The molecule has 1 saturated heterocycles. The van der Waals surface area contributed by atoms with E-state index in [1.807, 2.05) is 18.0 Å². The van der Waals surface area contributed by atoms with E-state index in [1.54, 1.807) is 12.4 Å². The number of hydrogen-bond donors (Lipinski definition) is 0. The Kier molecular flexibility index (Phi) is 6.04. The van der Waals surface area contributed by atoms with Gasteiger partial charge in [-0.1, -0.05) is 42.0 Å². The van der Waals surface area contributed by atoms with Crippen LogP contribution in [0.5, 0.6) is 0 Å². The van der Waals surface area contributed by atoms with Gasteiger partial charge in [-0.3, -0.25) is 9.79 Å². The molecule has 2 aromatic carbocycles. The molecule has 6 heteroatoms. The van der Waals surface area contributed by atoms with E-state index in [1.165, 1.54) is 23.3 Å². The number of aryl methyl sites for hydroxylation is 1. The minimum absolute atomic E-state index is 0.00805. The van der Waals surface area contributed by atoms with Gasteiger partial charge in [-0.05, 0) is 43.7 Å². The number of aliphatic imine (C=N–C) groups is 2. The van der Waals surface area contributed by atoms with Crippen molar-refractivity contribution in [1.29, 1.82) is 0 Å². The fourth-order valence-electron chi connectivity index (χ4n) is 4.30. The minimum Gasteiger partial charge on any atom is -0.330 e. The van der Waals surface area contributed by atoms with Gasteiger partial charge in [0.2, 0.25) is 5.91 Å². The third-order valence-corrected chi connectivity index (χ3v) is 5.76. The highest BCUT2D eigenvalue weighted by Crippen LogP contribution is 2.33. The summed E-state index contributed by atoms with van der Waals surface area (Å²) in [6, 6.07) is 14.5. The van der Waals surface area contributed by atoms with Crippen LogP contribution in [-0.2, 0) is 11.3 Å². The number of amides is 1. The maximum atomic E-state index is 13.9. The van der Waals surface area contributed by atoms with Crippen molar-refractivity contribution in [1.82, 2.24) is 9.80 Å². The SMILES string of the molecule is Cc1cccc(CN(C)CCC(=O)N2CCC3N=CN=C3C2c2cccc(F)c2)c1. The maximum absolute atomic E-state index is 13.9. The molecule has 2 unspecified atom stereocenters. The molecule has 2 aliphatic rings. The molecular formula is C24H27FN4O. The van der Waals surface area contributed by atoms with Crippen molar-refractivity contribution < 1.29 is 9.18 Å². The molecule has 2 aliphatic heterocycles. The second kappa shape index (κ2) is 8.88. The number of fused-ring (bicyclic) bond motifs is 1. The van der Waals surface area contributed by atoms with E-state index in [0.717, 1.165) is 24.2 Å². The Hall–Kier alpha value is -2.86. The summed E-state index contributed by atoms with van der Waals surface area (Å²) >= 11 is 0. The van der Waals surface area contributed by atoms with Gasteiger partial charge in [-0.2, -0.15) is 0 Å². The molecule has 0 N–H and O–H groups in total. The zero-order chi connectivity index (χ0) is 21.1. The fourth-order valence-corrected chi connectivity index (χ4v) is 4.30. The number of benzene rings is 2. The number of carbonyl (C=O) groups is 1. The topological polar surface area (TPSA) is 48.3 Å². The lowest BCUT2D eigenvalue weighted by molar-refractivity contribution is -0.133. The van der Waals surface area contributed by atoms with Gasteiger partial charge in [0.05, 0.1) is 17.8 Å². The lowest BCUT2D eigenvalue weighted by Crippen LogP contribution is -2.48. The molecule has 30 heavy (non-hydrogen) atoms. The van der Waals surface area contributed by atoms with Crippen molar-refractivity contribution in [2.45, 2.75) is 38.4 Å². The zero-order valence-corrected chi connectivity index (χ0v) is 17.5. The van der Waals surface area contributed by atoms with E-state index >= 15 is 0 Å². The van der Waals surface area contributed by atoms with Crippen LogP contribution < -0.4 is 0 Å². The van der Waals surface area contributed by atoms with Crippen LogP contribution in [0, 0.1) is 12.7 Å². The largest absolute Gasteiger partial charge is 0.330 e. The predicted octanol–water partition coefficient (Wildman–Crippen LogP) is 3.78. The predicted molar refractivity (Wildman–Crippen MR) is 117 cm³/mol. The first-order valence-corrected chi connectivity index (χ1v) is 10.4. The summed E-state index contributed by atoms with van der Waals surface area (Å²) in [4.78, 5) is 26.0. The van der Waals surface area contributed by atoms with Crippen LogP contribution in [0.4, 0.5) is 4.39 Å². The van der Waals surface area contributed by atoms with E-state index in [2.05, 4.69) is 46.1 Å². The molecule has 0 spiro atoms. The van der Waals surface area contributed by atoms with Crippen molar-refractivity contribution in [3.05, 3.63) is 71.0 Å². The second-order valence-electron chi connectivity index (χ2n) is 8.14. The van der Waals surface area contributed by atoms with Crippen LogP contribution in [-0.4, -0.2) is 53.9 Å². The van der Waals surface area contributed by atoms with E-state index in [4.69, 9.17) is 0 Å². The molecule has 1 amide bonds. The third kappa shape index (κ3) is 4.49. The molecular weight excluding hydrogens is 379 g/mol. The van der Waals surface area contributed by atoms with Gasteiger partial charge in [0.15, 0.2) is 0 Å². The van der Waals surface area contributed by atoms with Crippen LogP contribution >= 0.6 is 0 Å². The quantitative estimate of drug-likeness (QED) is 0.733. The monoisotopic (exact) mass is 406 g/mol. The van der Waals surface area contributed by atoms with Gasteiger partial charge in [0.1, 0.15) is 12.2 Å². The number of halogens is 1.